The minimum Gasteiger partial charge on any atom is -0.489 e. The van der Waals surface area contributed by atoms with Crippen LogP contribution in [0.2, 0.25) is 5.02 Å². The summed E-state index contributed by atoms with van der Waals surface area (Å²) in [6, 6.07) is 4.87. The molecule has 1 aromatic carbocycles. The van der Waals surface area contributed by atoms with Gasteiger partial charge in [-0.1, -0.05) is 25.4 Å². The molecule has 0 unspecified atom stereocenters. The van der Waals surface area contributed by atoms with Crippen molar-refractivity contribution in [2.75, 3.05) is 30.8 Å². The molecule has 0 amide bonds. The lowest BCUT2D eigenvalue weighted by Crippen LogP contribution is -2.29. The van der Waals surface area contributed by atoms with Crippen molar-refractivity contribution in [3.63, 3.8) is 0 Å². The molecule has 1 saturated heterocycles. The molecule has 0 radical (unpaired) electrons. The number of halogens is 1. The molecule has 2 N–H and O–H groups in total. The smallest absolute Gasteiger partial charge is 0.229 e. The van der Waals surface area contributed by atoms with E-state index in [9.17, 15) is 0 Å². The molecule has 1 aliphatic heterocycles. The van der Waals surface area contributed by atoms with Gasteiger partial charge < -0.3 is 20.3 Å². The minimum atomic E-state index is 0.0458. The zero-order valence-corrected chi connectivity index (χ0v) is 24.1. The van der Waals surface area contributed by atoms with E-state index < -0.39 is 0 Å². The van der Waals surface area contributed by atoms with Gasteiger partial charge in [-0.25, -0.2) is 4.98 Å². The first-order valence-corrected chi connectivity index (χ1v) is 14.2. The van der Waals surface area contributed by atoms with E-state index in [4.69, 9.17) is 26.4 Å². The van der Waals surface area contributed by atoms with Crippen LogP contribution in [-0.4, -0.2) is 50.9 Å². The van der Waals surface area contributed by atoms with Crippen LogP contribution >= 0.6 is 11.6 Å². The molecule has 2 aliphatic rings. The Kier molecular flexibility index (Phi) is 7.82. The van der Waals surface area contributed by atoms with Crippen LogP contribution in [0.3, 0.4) is 0 Å². The third-order valence-electron chi connectivity index (χ3n) is 7.36. The summed E-state index contributed by atoms with van der Waals surface area (Å²) in [5.41, 5.74) is 5.41. The van der Waals surface area contributed by atoms with E-state index >= 15 is 0 Å². The third kappa shape index (κ3) is 6.07. The first-order chi connectivity index (χ1) is 18.2. The van der Waals surface area contributed by atoms with E-state index in [2.05, 4.69) is 71.3 Å². The number of piperidine rings is 1. The summed E-state index contributed by atoms with van der Waals surface area (Å²) in [4.78, 5) is 11.6. The second-order valence-corrected chi connectivity index (χ2v) is 11.8. The molecule has 2 aromatic heterocycles. The molecule has 2 fully saturated rings. The fourth-order valence-electron chi connectivity index (χ4n) is 5.13. The zero-order chi connectivity index (χ0) is 27.0. The largest absolute Gasteiger partial charge is 0.489 e. The molecule has 3 heterocycles. The Balaban J connectivity index is 1.42. The average molecular weight is 538 g/mol. The molecule has 5 rings (SSSR count). The number of likely N-dealkylation sites (tertiary alicyclic amines) is 1. The number of ether oxygens (including phenoxy) is 1. The maximum Gasteiger partial charge on any atom is 0.229 e. The van der Waals surface area contributed by atoms with Crippen LogP contribution in [0.1, 0.15) is 88.1 Å². The molecular formula is C29H40ClN7O. The van der Waals surface area contributed by atoms with Gasteiger partial charge in [0, 0.05) is 6.20 Å². The lowest BCUT2D eigenvalue weighted by Gasteiger charge is -2.30. The number of aromatic nitrogens is 4. The fraction of sp³-hybridized carbons (Fsp3) is 0.552. The summed E-state index contributed by atoms with van der Waals surface area (Å²) in [5, 5.41) is 12.1. The van der Waals surface area contributed by atoms with E-state index in [0.29, 0.717) is 28.7 Å². The number of aryl methyl sites for hydroxylation is 1. The topological polar surface area (TPSA) is 80.1 Å². The van der Waals surface area contributed by atoms with Crippen molar-refractivity contribution in [2.24, 2.45) is 0 Å². The van der Waals surface area contributed by atoms with Gasteiger partial charge in [0.05, 0.1) is 35.4 Å². The van der Waals surface area contributed by atoms with E-state index in [1.165, 1.54) is 24.0 Å². The Hall–Kier alpha value is -2.84. The van der Waals surface area contributed by atoms with Gasteiger partial charge in [-0.15, -0.1) is 0 Å². The van der Waals surface area contributed by atoms with E-state index in [1.54, 1.807) is 6.20 Å². The van der Waals surface area contributed by atoms with Crippen LogP contribution in [0.5, 0.6) is 5.75 Å². The van der Waals surface area contributed by atoms with Crippen molar-refractivity contribution in [3.8, 4) is 5.75 Å². The van der Waals surface area contributed by atoms with Gasteiger partial charge in [0.25, 0.3) is 0 Å². The molecular weight excluding hydrogens is 498 g/mol. The second kappa shape index (κ2) is 11.1. The minimum absolute atomic E-state index is 0.0458. The molecule has 204 valence electrons. The van der Waals surface area contributed by atoms with Crippen molar-refractivity contribution >= 4 is 34.7 Å². The summed E-state index contributed by atoms with van der Waals surface area (Å²) in [5.74, 6) is 2.65. The van der Waals surface area contributed by atoms with Crippen molar-refractivity contribution in [3.05, 3.63) is 46.4 Å². The first-order valence-electron chi connectivity index (χ1n) is 13.8. The van der Waals surface area contributed by atoms with E-state index in [-0.39, 0.29) is 12.0 Å². The average Bonchev–Trinajstić information content (AvgIpc) is 3.63. The fourth-order valence-corrected chi connectivity index (χ4v) is 5.27. The summed E-state index contributed by atoms with van der Waals surface area (Å²) >= 11 is 6.53. The molecule has 9 heteroatoms. The van der Waals surface area contributed by atoms with Crippen LogP contribution in [0.15, 0.2) is 24.5 Å². The monoisotopic (exact) mass is 537 g/mol. The van der Waals surface area contributed by atoms with E-state index in [0.717, 1.165) is 48.7 Å². The predicted molar refractivity (Wildman–Crippen MR) is 155 cm³/mol. The third-order valence-corrected chi connectivity index (χ3v) is 7.64. The van der Waals surface area contributed by atoms with Gasteiger partial charge >= 0.3 is 0 Å². The Morgan fingerprint density at radius 1 is 1.03 bits per heavy atom. The molecule has 0 atom stereocenters. The SMILES string of the molecule is Cc1cc(Nc2ncc(Cl)c(Nc3cn(C4CC4)nc3C(C)C)n2)c(OC(C)C)cc1C1CCN(C)CC1. The van der Waals surface area contributed by atoms with Gasteiger partial charge in [0.15, 0.2) is 5.82 Å². The molecule has 1 aliphatic carbocycles. The Morgan fingerprint density at radius 2 is 1.76 bits per heavy atom. The summed E-state index contributed by atoms with van der Waals surface area (Å²) < 4.78 is 8.33. The normalized spacial score (nSPS) is 16.9. The quantitative estimate of drug-likeness (QED) is 0.299. The summed E-state index contributed by atoms with van der Waals surface area (Å²) in [6.45, 7) is 12.8. The van der Waals surface area contributed by atoms with Crippen LogP contribution < -0.4 is 15.4 Å². The van der Waals surface area contributed by atoms with Gasteiger partial charge in [-0.05, 0) is 102 Å². The van der Waals surface area contributed by atoms with Crippen LogP contribution in [0, 0.1) is 6.92 Å². The van der Waals surface area contributed by atoms with Crippen molar-refractivity contribution in [2.45, 2.75) is 84.3 Å². The summed E-state index contributed by atoms with van der Waals surface area (Å²) in [7, 11) is 2.20. The van der Waals surface area contributed by atoms with Gasteiger partial charge in [-0.2, -0.15) is 10.1 Å². The van der Waals surface area contributed by atoms with Crippen LogP contribution in [0.25, 0.3) is 0 Å². The van der Waals surface area contributed by atoms with E-state index in [1.807, 2.05) is 13.8 Å². The zero-order valence-electron chi connectivity index (χ0n) is 23.4. The first kappa shape index (κ1) is 26.8. The number of rotatable bonds is 9. The highest BCUT2D eigenvalue weighted by molar-refractivity contribution is 6.32. The molecule has 8 nitrogen and oxygen atoms in total. The second-order valence-electron chi connectivity index (χ2n) is 11.4. The number of benzene rings is 1. The summed E-state index contributed by atoms with van der Waals surface area (Å²) in [6.07, 6.45) is 8.42. The van der Waals surface area contributed by atoms with Crippen molar-refractivity contribution < 1.29 is 4.74 Å². The Labute approximate surface area is 231 Å². The molecule has 3 aromatic rings. The lowest BCUT2D eigenvalue weighted by molar-refractivity contribution is 0.241. The highest BCUT2D eigenvalue weighted by Gasteiger charge is 2.27. The van der Waals surface area contributed by atoms with Crippen molar-refractivity contribution in [1.82, 2.24) is 24.6 Å². The number of nitrogens with zero attached hydrogens (tertiary/aromatic N) is 5. The number of nitrogens with one attached hydrogen (secondary N) is 2. The molecule has 1 saturated carbocycles. The van der Waals surface area contributed by atoms with Gasteiger partial charge in [0.2, 0.25) is 5.95 Å². The number of hydrogen-bond donors (Lipinski definition) is 2. The van der Waals surface area contributed by atoms with Crippen LogP contribution in [0.4, 0.5) is 23.1 Å². The maximum absolute atomic E-state index is 6.53. The number of anilines is 4. The Morgan fingerprint density at radius 3 is 2.42 bits per heavy atom. The van der Waals surface area contributed by atoms with Gasteiger partial charge in [0.1, 0.15) is 10.8 Å². The highest BCUT2D eigenvalue weighted by Crippen LogP contribution is 2.39. The highest BCUT2D eigenvalue weighted by atomic mass is 35.5. The molecule has 0 bridgehead atoms. The number of hydrogen-bond acceptors (Lipinski definition) is 7. The van der Waals surface area contributed by atoms with Crippen LogP contribution in [-0.2, 0) is 0 Å². The molecule has 38 heavy (non-hydrogen) atoms. The van der Waals surface area contributed by atoms with Crippen molar-refractivity contribution in [1.29, 1.82) is 0 Å². The maximum atomic E-state index is 6.53. The Bertz CT molecular complexity index is 1280. The standard InChI is InChI=1S/C29H40ClN7O/c1-17(2)27-25(16-37(35-27)21-7-8-21)32-28-23(30)15-31-29(34-28)33-24-13-19(5)22(14-26(24)38-18(3)4)20-9-11-36(6)12-10-20/h13-18,20-21H,7-12H2,1-6H3,(H2,31,32,33,34). The molecule has 0 spiro atoms. The predicted octanol–water partition coefficient (Wildman–Crippen LogP) is 7.18. The lowest BCUT2D eigenvalue weighted by atomic mass is 9.86. The van der Waals surface area contributed by atoms with Gasteiger partial charge in [-0.3, -0.25) is 4.68 Å².